The summed E-state index contributed by atoms with van der Waals surface area (Å²) in [6.07, 6.45) is -0.567. The van der Waals surface area contributed by atoms with Crippen molar-refractivity contribution in [1.82, 2.24) is 5.43 Å². The Morgan fingerprint density at radius 1 is 1.29 bits per heavy atom. The van der Waals surface area contributed by atoms with Gasteiger partial charge < -0.3 is 10.5 Å². The number of nitrogens with zero attached hydrogens (tertiary/aromatic N) is 4. The van der Waals surface area contributed by atoms with Gasteiger partial charge in [0.25, 0.3) is 0 Å². The number of azo groups is 1. The Hall–Kier alpha value is -1.79. The van der Waals surface area contributed by atoms with Gasteiger partial charge in [-0.25, -0.2) is 0 Å². The van der Waals surface area contributed by atoms with Crippen LogP contribution >= 0.6 is 0 Å². The minimum atomic E-state index is -0.567. The van der Waals surface area contributed by atoms with Gasteiger partial charge in [0.05, 0.1) is 6.29 Å². The van der Waals surface area contributed by atoms with E-state index in [0.29, 0.717) is 5.84 Å². The molecule has 1 aromatic rings. The minimum Gasteiger partial charge on any atom is -0.565 e. The molecule has 0 saturated carbocycles. The highest BCUT2D eigenvalue weighted by Gasteiger charge is 2.02. The first-order chi connectivity index (χ1) is 6.90. The van der Waals surface area contributed by atoms with E-state index in [0.717, 1.165) is 5.56 Å². The lowest BCUT2D eigenvalue weighted by atomic mass is 10.2. The van der Waals surface area contributed by atoms with Crippen LogP contribution in [0.3, 0.4) is 0 Å². The molecular formula is C8H9N6-. The van der Waals surface area contributed by atoms with Gasteiger partial charge in [0.2, 0.25) is 0 Å². The zero-order valence-corrected chi connectivity index (χ0v) is 7.33. The van der Waals surface area contributed by atoms with Gasteiger partial charge in [0.1, 0.15) is 0 Å². The molecular weight excluding hydrogens is 182 g/mol. The van der Waals surface area contributed by atoms with Crippen LogP contribution in [0, 0.1) is 0 Å². The molecule has 6 heteroatoms. The van der Waals surface area contributed by atoms with E-state index >= 15 is 0 Å². The Kier molecular flexibility index (Phi) is 2.48. The molecule has 72 valence electrons. The predicted molar refractivity (Wildman–Crippen MR) is 52.3 cm³/mol. The lowest BCUT2D eigenvalue weighted by molar-refractivity contribution is 0.585. The second-order valence-electron chi connectivity index (χ2n) is 2.66. The highest BCUT2D eigenvalue weighted by atomic mass is 16.2. The van der Waals surface area contributed by atoms with Crippen molar-refractivity contribution in [3.8, 4) is 0 Å². The quantitative estimate of drug-likeness (QED) is 0.413. The number of hydrogen-bond acceptors (Lipinski definition) is 5. The van der Waals surface area contributed by atoms with Crippen molar-refractivity contribution in [3.05, 3.63) is 41.3 Å². The van der Waals surface area contributed by atoms with E-state index < -0.39 is 6.29 Å². The summed E-state index contributed by atoms with van der Waals surface area (Å²) >= 11 is 0. The van der Waals surface area contributed by atoms with Gasteiger partial charge in [-0.15, -0.1) is 5.11 Å². The smallest absolute Gasteiger partial charge is 0.162 e. The van der Waals surface area contributed by atoms with Crippen LogP contribution in [-0.2, 0) is 0 Å². The summed E-state index contributed by atoms with van der Waals surface area (Å²) in [7, 11) is 0. The van der Waals surface area contributed by atoms with Gasteiger partial charge in [0.15, 0.2) is 5.84 Å². The Morgan fingerprint density at radius 2 is 2.07 bits per heavy atom. The second-order valence-corrected chi connectivity index (χ2v) is 2.66. The molecule has 1 unspecified atom stereocenters. The summed E-state index contributed by atoms with van der Waals surface area (Å²) in [5.74, 6) is 5.62. The Labute approximate surface area is 80.9 Å². The van der Waals surface area contributed by atoms with Crippen molar-refractivity contribution in [2.75, 3.05) is 0 Å². The lowest BCUT2D eigenvalue weighted by Gasteiger charge is -2.26. The third-order valence-electron chi connectivity index (χ3n) is 1.70. The molecule has 0 spiro atoms. The van der Waals surface area contributed by atoms with Crippen molar-refractivity contribution >= 4 is 5.84 Å². The zero-order valence-electron chi connectivity index (χ0n) is 7.33. The largest absolute Gasteiger partial charge is 0.565 e. The molecule has 0 fully saturated rings. The van der Waals surface area contributed by atoms with E-state index in [1.807, 2.05) is 30.3 Å². The SMILES string of the molecule is [15NH2][15NH]C1N=NC(c2ccccc2)=N[N-]1. The van der Waals surface area contributed by atoms with Gasteiger partial charge in [-0.1, -0.05) is 30.3 Å². The third kappa shape index (κ3) is 1.76. The maximum Gasteiger partial charge on any atom is 0.162 e. The van der Waals surface area contributed by atoms with Gasteiger partial charge in [0, 0.05) is 5.56 Å². The molecule has 2 rings (SSSR count). The van der Waals surface area contributed by atoms with Gasteiger partial charge in [-0.05, 0) is 0 Å². The van der Waals surface area contributed by atoms with Crippen LogP contribution in [-0.4, -0.2) is 12.1 Å². The van der Waals surface area contributed by atoms with Gasteiger partial charge >= 0.3 is 0 Å². The predicted octanol–water partition coefficient (Wildman–Crippen LogP) is 0.935. The molecule has 1 aliphatic heterocycles. The van der Waals surface area contributed by atoms with Gasteiger partial charge in [-0.3, -0.25) is 11.3 Å². The number of hydrogen-bond donors (Lipinski definition) is 2. The standard InChI is InChI=1S/C8H9N6/c9-10-8-13-11-7(12-14-8)6-4-2-1-3-5-6/h1-5,8,10H,9H2/q-1/i9+1,10+1. The number of benzene rings is 1. The Bertz CT molecular complexity index is 357. The second kappa shape index (κ2) is 3.95. The van der Waals surface area contributed by atoms with Crippen LogP contribution in [0.25, 0.3) is 5.43 Å². The number of rotatable bonds is 2. The number of nitrogens with two attached hydrogens (primary N) is 1. The fourth-order valence-corrected chi connectivity index (χ4v) is 1.03. The monoisotopic (exact) mass is 191 g/mol. The Morgan fingerprint density at radius 3 is 2.64 bits per heavy atom. The third-order valence-corrected chi connectivity index (χ3v) is 1.70. The summed E-state index contributed by atoms with van der Waals surface area (Å²) in [5.41, 5.74) is 7.02. The molecule has 0 bridgehead atoms. The maximum absolute atomic E-state index is 5.12. The fraction of sp³-hybridized carbons (Fsp3) is 0.125. The van der Waals surface area contributed by atoms with E-state index in [1.165, 1.54) is 0 Å². The topological polar surface area (TPSA) is 89.2 Å². The van der Waals surface area contributed by atoms with Crippen LogP contribution in [0.15, 0.2) is 45.7 Å². The first kappa shape index (κ1) is 8.79. The van der Waals surface area contributed by atoms with Crippen molar-refractivity contribution < 1.29 is 0 Å². The molecule has 0 saturated heterocycles. The maximum atomic E-state index is 5.12. The van der Waals surface area contributed by atoms with Crippen molar-refractivity contribution in [2.45, 2.75) is 6.29 Å². The molecule has 0 aliphatic carbocycles. The molecule has 0 radical (unpaired) electrons. The average molecular weight is 191 g/mol. The highest BCUT2D eigenvalue weighted by molar-refractivity contribution is 5.99. The van der Waals surface area contributed by atoms with E-state index in [-0.39, 0.29) is 0 Å². The molecule has 6 nitrogen and oxygen atoms in total. The molecule has 0 amide bonds. The Balaban J connectivity index is 2.16. The van der Waals surface area contributed by atoms with Crippen molar-refractivity contribution in [3.63, 3.8) is 0 Å². The van der Waals surface area contributed by atoms with Crippen LogP contribution in [0.5, 0.6) is 0 Å². The summed E-state index contributed by atoms with van der Waals surface area (Å²) in [5, 5.41) is 11.6. The average Bonchev–Trinajstić information content (AvgIpc) is 2.30. The molecule has 1 aromatic carbocycles. The summed E-state index contributed by atoms with van der Waals surface area (Å²) < 4.78 is 0. The highest BCUT2D eigenvalue weighted by Crippen LogP contribution is 2.12. The summed E-state index contributed by atoms with van der Waals surface area (Å²) in [4.78, 5) is 0. The van der Waals surface area contributed by atoms with Crippen molar-refractivity contribution in [1.29, 1.82) is 0 Å². The first-order valence-electron chi connectivity index (χ1n) is 4.10. The van der Waals surface area contributed by atoms with Crippen LogP contribution in [0.1, 0.15) is 5.56 Å². The molecule has 1 atom stereocenters. The van der Waals surface area contributed by atoms with Crippen LogP contribution < -0.4 is 11.3 Å². The molecule has 1 aliphatic rings. The molecule has 14 heavy (non-hydrogen) atoms. The number of hydrazine groups is 1. The molecule has 3 N–H and O–H groups in total. The summed E-state index contributed by atoms with van der Waals surface area (Å²) in [6.45, 7) is 0. The van der Waals surface area contributed by atoms with E-state index in [4.69, 9.17) is 5.84 Å². The van der Waals surface area contributed by atoms with Crippen LogP contribution in [0.4, 0.5) is 0 Å². The van der Waals surface area contributed by atoms with Crippen molar-refractivity contribution in [2.24, 2.45) is 21.2 Å². The van der Waals surface area contributed by atoms with E-state index in [2.05, 4.69) is 26.2 Å². The first-order valence-corrected chi connectivity index (χ1v) is 4.10. The van der Waals surface area contributed by atoms with Crippen LogP contribution in [0.2, 0.25) is 0 Å². The molecule has 0 aromatic heterocycles. The van der Waals surface area contributed by atoms with E-state index in [1.54, 1.807) is 0 Å². The normalized spacial score (nSPS) is 20.1. The zero-order chi connectivity index (χ0) is 9.80. The van der Waals surface area contributed by atoms with E-state index in [9.17, 15) is 0 Å². The lowest BCUT2D eigenvalue weighted by Crippen LogP contribution is -2.33. The minimum absolute atomic E-state index is 0.497. The number of amidine groups is 1. The number of nitrogens with one attached hydrogen (secondary N) is 1. The molecule has 1 heterocycles. The summed E-state index contributed by atoms with van der Waals surface area (Å²) in [6, 6.07) is 9.51. The fourth-order valence-electron chi connectivity index (χ4n) is 1.03. The van der Waals surface area contributed by atoms with Gasteiger partial charge in [-0.2, -0.15) is 5.11 Å².